The van der Waals surface area contributed by atoms with E-state index in [4.69, 9.17) is 28.4 Å². The summed E-state index contributed by atoms with van der Waals surface area (Å²) >= 11 is 0. The highest BCUT2D eigenvalue weighted by atomic mass is 16.6. The number of carbonyl (C=O) groups is 5. The molecule has 1 N–H and O–H groups in total. The number of carbonyl (C=O) groups excluding carboxylic acids is 5. The largest absolute Gasteiger partial charge is 0.462 e. The zero-order chi connectivity index (χ0) is 59.3. The van der Waals surface area contributed by atoms with Crippen LogP contribution in [0.3, 0.4) is 0 Å². The van der Waals surface area contributed by atoms with E-state index in [2.05, 4.69) is 74.4 Å². The van der Waals surface area contributed by atoms with Crippen LogP contribution in [-0.4, -0.2) is 87.4 Å². The minimum atomic E-state index is -0.719. The molecule has 13 nitrogen and oxygen atoms in total. The Morgan fingerprint density at radius 2 is 0.854 bits per heavy atom. The molecular formula is C69H109NO12. The zero-order valence-electron chi connectivity index (χ0n) is 53.3. The van der Waals surface area contributed by atoms with Crippen LogP contribution in [0.1, 0.15) is 260 Å². The molecule has 12 fully saturated rings. The predicted molar refractivity (Wildman–Crippen MR) is 313 cm³/mol. The molecule has 20 atom stereocenters. The van der Waals surface area contributed by atoms with Gasteiger partial charge >= 0.3 is 23.9 Å². The van der Waals surface area contributed by atoms with Gasteiger partial charge in [0.1, 0.15) is 29.2 Å². The van der Waals surface area contributed by atoms with Gasteiger partial charge in [-0.25, -0.2) is 0 Å². The monoisotopic (exact) mass is 1140 g/mol. The quantitative estimate of drug-likeness (QED) is 0.106. The number of nitrogens with zero attached hydrogens (tertiary/aromatic N) is 1. The lowest BCUT2D eigenvalue weighted by atomic mass is 9.41. The fourth-order valence-corrected chi connectivity index (χ4v) is 25.4. The third-order valence-corrected chi connectivity index (χ3v) is 28.7. The SMILES string of the molecule is C.CC(=O)O[C@H]1C[C@@]2(C)C3CCC4C(C)(C)/C(=N/O)CC[C@@]45C[C@@]35CC[C@]2(C)C1[C@]1(C)CC[C@H](C(C)(C)OC(C)=O)O1.CC(=O)O[C@H]1C[C@@]2(C)C3CCC4C(C)(C)C(=O)CC[C@@]45C[C@@]35CC[C@]2(C)C1[C@]1(C)CC[C@H](C(C)(C)OC(C)=O)O1. The number of esters is 4. The van der Waals surface area contributed by atoms with Crippen LogP contribution in [0.2, 0.25) is 0 Å². The number of rotatable bonds is 8. The van der Waals surface area contributed by atoms with Crippen molar-refractivity contribution in [2.24, 2.45) is 94.8 Å². The molecular weight excluding hydrogens is 1030 g/mol. The second-order valence-electron chi connectivity index (χ2n) is 33.4. The Morgan fingerprint density at radius 3 is 1.23 bits per heavy atom. The van der Waals surface area contributed by atoms with E-state index in [0.717, 1.165) is 95.6 Å². The first-order chi connectivity index (χ1) is 37.3. The van der Waals surface area contributed by atoms with Crippen LogP contribution in [-0.2, 0) is 52.4 Å². The zero-order valence-corrected chi connectivity index (χ0v) is 53.3. The third kappa shape index (κ3) is 8.18. The minimum absolute atomic E-state index is 0. The van der Waals surface area contributed by atoms with Crippen molar-refractivity contribution in [2.75, 3.05) is 0 Å². The predicted octanol–water partition coefficient (Wildman–Crippen LogP) is 14.5. The molecule has 0 aromatic carbocycles. The summed E-state index contributed by atoms with van der Waals surface area (Å²) in [5.74, 6) is 1.79. The van der Waals surface area contributed by atoms with E-state index in [0.29, 0.717) is 51.1 Å². The highest BCUT2D eigenvalue weighted by molar-refractivity contribution is 5.91. The summed E-state index contributed by atoms with van der Waals surface area (Å²) in [5, 5.41) is 13.6. The van der Waals surface area contributed by atoms with Gasteiger partial charge in [0, 0.05) is 56.8 Å². The Kier molecular flexibility index (Phi) is 14.3. The van der Waals surface area contributed by atoms with Gasteiger partial charge in [0.05, 0.1) is 29.1 Å². The van der Waals surface area contributed by atoms with Crippen molar-refractivity contribution >= 4 is 35.4 Å². The highest BCUT2D eigenvalue weighted by Gasteiger charge is 2.86. The third-order valence-electron chi connectivity index (χ3n) is 28.7. The first-order valence-electron chi connectivity index (χ1n) is 32.2. The molecule has 0 aromatic rings. The molecule has 4 spiro atoms. The van der Waals surface area contributed by atoms with Gasteiger partial charge in [-0.3, -0.25) is 24.0 Å². The van der Waals surface area contributed by atoms with E-state index in [1.54, 1.807) is 6.92 Å². The second kappa shape index (κ2) is 19.0. The molecule has 0 radical (unpaired) electrons. The molecule has 0 aromatic heterocycles. The first kappa shape index (κ1) is 62.0. The van der Waals surface area contributed by atoms with E-state index in [-0.39, 0.29) is 100 Å². The van der Waals surface area contributed by atoms with E-state index in [9.17, 15) is 29.2 Å². The summed E-state index contributed by atoms with van der Waals surface area (Å²) in [6.45, 7) is 37.3. The maximum atomic E-state index is 13.0. The van der Waals surface area contributed by atoms with Crippen LogP contribution >= 0.6 is 0 Å². The number of oxime groups is 1. The fourth-order valence-electron chi connectivity index (χ4n) is 25.4. The number of ether oxygens (including phenoxy) is 6. The normalized spacial score (nSPS) is 50.1. The molecule has 0 bridgehead atoms. The van der Waals surface area contributed by atoms with Crippen LogP contribution in [0, 0.1) is 89.7 Å². The van der Waals surface area contributed by atoms with Gasteiger partial charge in [-0.05, 0) is 231 Å². The summed E-state index contributed by atoms with van der Waals surface area (Å²) < 4.78 is 37.9. The molecule has 12 aliphatic rings. The van der Waals surface area contributed by atoms with E-state index in [1.165, 1.54) is 59.3 Å². The molecule has 82 heavy (non-hydrogen) atoms. The van der Waals surface area contributed by atoms with Crippen LogP contribution in [0.4, 0.5) is 0 Å². The van der Waals surface area contributed by atoms with Crippen molar-refractivity contribution in [1.82, 2.24) is 0 Å². The van der Waals surface area contributed by atoms with Crippen molar-refractivity contribution in [1.29, 1.82) is 0 Å². The van der Waals surface area contributed by atoms with Crippen molar-refractivity contribution < 1.29 is 57.6 Å². The molecule has 462 valence electrons. The van der Waals surface area contributed by atoms with Crippen molar-refractivity contribution in [3.05, 3.63) is 0 Å². The molecule has 2 heterocycles. The highest BCUT2D eigenvalue weighted by Crippen LogP contribution is 2.91. The lowest BCUT2D eigenvalue weighted by molar-refractivity contribution is -0.204. The lowest BCUT2D eigenvalue weighted by Crippen LogP contribution is -2.59. The molecule has 13 heteroatoms. The van der Waals surface area contributed by atoms with Gasteiger partial charge in [-0.1, -0.05) is 68.0 Å². The molecule has 6 unspecified atom stereocenters. The summed E-state index contributed by atoms with van der Waals surface area (Å²) in [6, 6.07) is 0. The Balaban J connectivity index is 0.000000181. The maximum absolute atomic E-state index is 13.0. The standard InChI is InChI=1S/C34H53NO6.C34H52O6.CH4/c1-20(36)39-22-18-31(8)24-11-10-23-28(3,4)25(35-38)12-15-33(23)19-34(24,33)17-16-30(31,7)27(22)32(9)14-13-26(41-32)29(5,6)40-21(2)37;1-20(35)38-22-18-31(8)24-11-10-23-28(3,4)25(37)12-15-33(23)19-34(24,33)17-16-30(31,7)27(22)32(9)14-13-26(40-32)29(5,6)39-21(2)36;/h22-24,26-27,38H,10-19H2,1-9H3;22-24,26-27H,10-19H2,1-9H3;1H4/b35-25+;;/t2*22-,23?,24?,26+,27?,30+,31-,32-,33+,34-;/m00./s1. The fraction of sp³-hybridized carbons (Fsp3) is 0.913. The average molecular weight is 1140 g/mol. The van der Waals surface area contributed by atoms with E-state index >= 15 is 0 Å². The number of Topliss-reactive ketones (excluding diaryl/α,β-unsaturated/α-hetero) is 1. The molecule has 2 saturated heterocycles. The second-order valence-corrected chi connectivity index (χ2v) is 33.4. The van der Waals surface area contributed by atoms with E-state index < -0.39 is 22.4 Å². The summed E-state index contributed by atoms with van der Waals surface area (Å²) in [7, 11) is 0. The van der Waals surface area contributed by atoms with Crippen LogP contribution < -0.4 is 0 Å². The summed E-state index contributed by atoms with van der Waals surface area (Å²) in [4.78, 5) is 61.8. The van der Waals surface area contributed by atoms with Gasteiger partial charge < -0.3 is 33.6 Å². The molecule has 12 rings (SSSR count). The van der Waals surface area contributed by atoms with Gasteiger partial charge in [-0.15, -0.1) is 0 Å². The van der Waals surface area contributed by atoms with Crippen LogP contribution in [0.5, 0.6) is 0 Å². The Morgan fingerprint density at radius 1 is 0.488 bits per heavy atom. The topological polar surface area (TPSA) is 173 Å². The molecule has 2 aliphatic heterocycles. The molecule has 10 aliphatic carbocycles. The number of ketones is 1. The molecule has 10 saturated carbocycles. The smallest absolute Gasteiger partial charge is 0.303 e. The Labute approximate surface area is 493 Å². The van der Waals surface area contributed by atoms with Crippen molar-refractivity contribution in [2.45, 2.75) is 307 Å². The van der Waals surface area contributed by atoms with E-state index in [1.807, 2.05) is 27.7 Å². The Bertz CT molecular complexity index is 2680. The first-order valence-corrected chi connectivity index (χ1v) is 32.2. The van der Waals surface area contributed by atoms with Gasteiger partial charge in [0.2, 0.25) is 0 Å². The molecule has 0 amide bonds. The lowest BCUT2D eigenvalue weighted by Gasteiger charge is -2.63. The number of hydrogen-bond donors (Lipinski definition) is 1. The minimum Gasteiger partial charge on any atom is -0.462 e. The van der Waals surface area contributed by atoms with Crippen molar-refractivity contribution in [3.63, 3.8) is 0 Å². The van der Waals surface area contributed by atoms with Crippen LogP contribution in [0.15, 0.2) is 5.16 Å². The maximum Gasteiger partial charge on any atom is 0.303 e. The van der Waals surface area contributed by atoms with Gasteiger partial charge in [0.25, 0.3) is 0 Å². The number of fused-ring (bicyclic) bond motifs is 4. The average Bonchev–Trinajstić information content (AvgIpc) is 3.07. The Hall–Kier alpha value is -3.06. The summed E-state index contributed by atoms with van der Waals surface area (Å²) in [6.07, 6.45) is 19.9. The van der Waals surface area contributed by atoms with Crippen LogP contribution in [0.25, 0.3) is 0 Å². The van der Waals surface area contributed by atoms with Gasteiger partial charge in [-0.2, -0.15) is 0 Å². The number of hydrogen-bond acceptors (Lipinski definition) is 13. The van der Waals surface area contributed by atoms with Gasteiger partial charge in [0.15, 0.2) is 0 Å². The van der Waals surface area contributed by atoms with Crippen molar-refractivity contribution in [3.8, 4) is 0 Å². The summed E-state index contributed by atoms with van der Waals surface area (Å²) in [5.41, 5.74) is -0.467.